The molecule has 11 N–H and O–H groups in total. The molecule has 0 aliphatic carbocycles. The number of carboxylic acids is 3. The molecule has 0 aromatic carbocycles. The number of nitrogens with zero attached hydrogens (tertiary/aromatic N) is 1. The van der Waals surface area contributed by atoms with Crippen LogP contribution < -0.4 is 5.32 Å². The van der Waals surface area contributed by atoms with Crippen LogP contribution in [0.4, 0.5) is 0 Å². The second-order valence-corrected chi connectivity index (χ2v) is 7.67. The topological polar surface area (TPSA) is 345 Å². The molecule has 0 amide bonds. The van der Waals surface area contributed by atoms with Crippen LogP contribution in [0.1, 0.15) is 14.9 Å². The molecule has 200 valence electrons. The third kappa shape index (κ3) is 72.9. The van der Waals surface area contributed by atoms with E-state index in [1.54, 1.807) is 0 Å². The van der Waals surface area contributed by atoms with Crippen LogP contribution in [-0.2, 0) is 37.9 Å². The first-order chi connectivity index (χ1) is 13.4. The zero-order valence-corrected chi connectivity index (χ0v) is 17.1. The molecule has 0 spiro atoms. The molecule has 0 saturated heterocycles. The number of hydrogen-bond donors (Lipinski definition) is 9. The number of aliphatic carboxylic acids is 3. The molecule has 0 aliphatic rings. The summed E-state index contributed by atoms with van der Waals surface area (Å²) in [6, 6.07) is 0. The Balaban J connectivity index is -0.0000000629. The van der Waals surface area contributed by atoms with Gasteiger partial charge >= 0.3 is 39.3 Å². The molecular formula is C12H30N2O17P2. The van der Waals surface area contributed by atoms with Crippen molar-refractivity contribution < 1.29 is 83.4 Å². The van der Waals surface area contributed by atoms with Gasteiger partial charge in [-0.25, -0.2) is 0 Å². The van der Waals surface area contributed by atoms with Crippen LogP contribution in [0.5, 0.6) is 0 Å². The van der Waals surface area contributed by atoms with Gasteiger partial charge in [-0.05, 0) is 0 Å². The van der Waals surface area contributed by atoms with E-state index in [-0.39, 0.29) is 33.0 Å². The van der Waals surface area contributed by atoms with E-state index in [4.69, 9.17) is 54.4 Å². The lowest BCUT2D eigenvalue weighted by Crippen LogP contribution is -2.35. The van der Waals surface area contributed by atoms with Gasteiger partial charge in [0.25, 0.3) is 6.47 Å². The largest absolute Gasteiger partial charge is 0.483 e. The van der Waals surface area contributed by atoms with Gasteiger partial charge in [0.15, 0.2) is 0 Å². The zero-order chi connectivity index (χ0) is 25.0. The summed E-state index contributed by atoms with van der Waals surface area (Å²) in [5.74, 6) is -3.84. The van der Waals surface area contributed by atoms with E-state index in [0.29, 0.717) is 4.90 Å². The number of carbonyl (C=O) groups excluding carboxylic acids is 2. The van der Waals surface area contributed by atoms with Crippen LogP contribution in [0.3, 0.4) is 0 Å². The van der Waals surface area contributed by atoms with Gasteiger partial charge in [0, 0.05) is 0 Å². The molecule has 0 heterocycles. The maximum atomic E-state index is 10.5. The Hall–Kier alpha value is -2.56. The number of nitrogens with one attached hydrogen (secondary N) is 1. The van der Waals surface area contributed by atoms with E-state index in [9.17, 15) is 23.5 Å². The first kappa shape index (κ1) is 48.0. The SMILES string of the molecule is C.C.O.O=C(O)CN(CC(=O)O)CP(=O)(O)O.O=C(O)CNCP(=O)(O)O.O=C=O.O=CO. The summed E-state index contributed by atoms with van der Waals surface area (Å²) in [5, 5.41) is 33.6. The van der Waals surface area contributed by atoms with E-state index < -0.39 is 65.3 Å². The van der Waals surface area contributed by atoms with Crippen molar-refractivity contribution in [2.75, 3.05) is 32.2 Å². The first-order valence-electron chi connectivity index (χ1n) is 6.70. The Morgan fingerprint density at radius 2 is 1.15 bits per heavy atom. The zero-order valence-electron chi connectivity index (χ0n) is 15.3. The summed E-state index contributed by atoms with van der Waals surface area (Å²) >= 11 is 0. The van der Waals surface area contributed by atoms with E-state index in [1.165, 1.54) is 0 Å². The number of rotatable bonds is 10. The minimum Gasteiger partial charge on any atom is -0.483 e. The van der Waals surface area contributed by atoms with E-state index >= 15 is 0 Å². The van der Waals surface area contributed by atoms with Crippen LogP contribution in [0.15, 0.2) is 0 Å². The Morgan fingerprint density at radius 3 is 1.33 bits per heavy atom. The van der Waals surface area contributed by atoms with Gasteiger partial charge < -0.3 is 45.5 Å². The van der Waals surface area contributed by atoms with Crippen molar-refractivity contribution in [2.45, 2.75) is 14.9 Å². The standard InChI is InChI=1S/C5H10NO7P.C3H8NO5P.CH2O2.CO2.2CH4.H2O/c7-4(8)1-6(2-5(9)10)3-14(11,12)13;5-3(6)1-4-2-10(7,8)9;2*2-1-3;;;/h1-3H2,(H,7,8)(H,9,10)(H2,11,12,13);4H,1-2H2,(H,5,6)(H2,7,8,9);1H,(H,2,3);;2*1H4;1H2. The van der Waals surface area contributed by atoms with Gasteiger partial charge in [0.05, 0.1) is 25.9 Å². The van der Waals surface area contributed by atoms with Crippen molar-refractivity contribution in [1.29, 1.82) is 0 Å². The van der Waals surface area contributed by atoms with Crippen molar-refractivity contribution in [1.82, 2.24) is 10.2 Å². The van der Waals surface area contributed by atoms with Gasteiger partial charge in [-0.1, -0.05) is 14.9 Å². The monoisotopic (exact) mass is 536 g/mol. The Kier molecular flexibility index (Phi) is 40.0. The molecule has 21 heteroatoms. The number of carbonyl (C=O) groups is 4. The minimum absolute atomic E-state index is 0. The van der Waals surface area contributed by atoms with Gasteiger partial charge in [-0.3, -0.25) is 38.5 Å². The highest BCUT2D eigenvalue weighted by Gasteiger charge is 2.22. The van der Waals surface area contributed by atoms with Crippen LogP contribution in [0, 0.1) is 0 Å². The Bertz CT molecular complexity index is 636. The van der Waals surface area contributed by atoms with Gasteiger partial charge in [-0.2, -0.15) is 9.59 Å². The predicted molar refractivity (Wildman–Crippen MR) is 107 cm³/mol. The second-order valence-electron chi connectivity index (χ2n) is 4.41. The fraction of sp³-hybridized carbons (Fsp3) is 0.583. The minimum atomic E-state index is -4.44. The Morgan fingerprint density at radius 1 is 0.848 bits per heavy atom. The summed E-state index contributed by atoms with van der Waals surface area (Å²) in [6.45, 7) is -2.14. The van der Waals surface area contributed by atoms with Crippen LogP contribution in [-0.4, -0.2) is 113 Å². The second kappa shape index (κ2) is 27.5. The fourth-order valence-electron chi connectivity index (χ4n) is 1.11. The number of carboxylic acid groups (broad SMARTS) is 4. The predicted octanol–water partition coefficient (Wildman–Crippen LogP) is -3.05. The van der Waals surface area contributed by atoms with Crippen molar-refractivity contribution in [3.8, 4) is 0 Å². The maximum Gasteiger partial charge on any atom is 0.373 e. The summed E-state index contributed by atoms with van der Waals surface area (Å²) in [6.07, 6.45) is -1.23. The smallest absolute Gasteiger partial charge is 0.373 e. The lowest BCUT2D eigenvalue weighted by atomic mass is 10.5. The number of hydrogen-bond acceptors (Lipinski definition) is 10. The molecule has 0 bridgehead atoms. The molecule has 0 aromatic heterocycles. The van der Waals surface area contributed by atoms with Crippen LogP contribution in [0.25, 0.3) is 0 Å². The fourth-order valence-corrected chi connectivity index (χ4v) is 2.23. The van der Waals surface area contributed by atoms with Gasteiger partial charge in [0.1, 0.15) is 6.29 Å². The van der Waals surface area contributed by atoms with Crippen LogP contribution >= 0.6 is 15.2 Å². The van der Waals surface area contributed by atoms with Crippen molar-refractivity contribution in [2.24, 2.45) is 0 Å². The average molecular weight is 536 g/mol. The normalized spacial score (nSPS) is 9.00. The first-order valence-corrected chi connectivity index (χ1v) is 10.3. The molecule has 0 radical (unpaired) electrons. The van der Waals surface area contributed by atoms with Crippen molar-refractivity contribution in [3.05, 3.63) is 0 Å². The molecule has 0 unspecified atom stereocenters. The van der Waals surface area contributed by atoms with Crippen LogP contribution in [0.2, 0.25) is 0 Å². The van der Waals surface area contributed by atoms with E-state index in [1.807, 2.05) is 0 Å². The van der Waals surface area contributed by atoms with Gasteiger partial charge in [0.2, 0.25) is 0 Å². The van der Waals surface area contributed by atoms with Crippen molar-refractivity contribution >= 4 is 45.7 Å². The van der Waals surface area contributed by atoms with E-state index in [0.717, 1.165) is 0 Å². The summed E-state index contributed by atoms with van der Waals surface area (Å²) in [5.41, 5.74) is 0. The highest BCUT2D eigenvalue weighted by atomic mass is 31.2. The third-order valence-corrected chi connectivity index (χ3v) is 3.10. The molecule has 0 atom stereocenters. The molecular weight excluding hydrogens is 506 g/mol. The quantitative estimate of drug-likeness (QED) is 0.0988. The molecule has 0 rings (SSSR count). The summed E-state index contributed by atoms with van der Waals surface area (Å²) in [4.78, 5) is 88.8. The molecule has 33 heavy (non-hydrogen) atoms. The third-order valence-electron chi connectivity index (χ3n) is 1.70. The Labute approximate surface area is 187 Å². The summed E-state index contributed by atoms with van der Waals surface area (Å²) in [7, 11) is -8.53. The lowest BCUT2D eigenvalue weighted by Gasteiger charge is -2.17. The lowest BCUT2D eigenvalue weighted by molar-refractivity contribution is -0.191. The molecule has 19 nitrogen and oxygen atoms in total. The maximum absolute atomic E-state index is 10.5. The molecule has 0 fully saturated rings. The molecule has 0 saturated carbocycles. The highest BCUT2D eigenvalue weighted by molar-refractivity contribution is 7.51. The average Bonchev–Trinajstić information content (AvgIpc) is 2.44. The van der Waals surface area contributed by atoms with Crippen molar-refractivity contribution in [3.63, 3.8) is 0 Å². The van der Waals surface area contributed by atoms with Gasteiger partial charge in [-0.15, -0.1) is 0 Å². The van der Waals surface area contributed by atoms with E-state index in [2.05, 4.69) is 5.32 Å². The highest BCUT2D eigenvalue weighted by Crippen LogP contribution is 2.34. The molecule has 0 aromatic rings. The summed E-state index contributed by atoms with van der Waals surface area (Å²) < 4.78 is 20.5. The molecule has 0 aliphatic heterocycles.